The average Bonchev–Trinajstić information content (AvgIpc) is 2.68. The predicted octanol–water partition coefficient (Wildman–Crippen LogP) is 3.79. The van der Waals surface area contributed by atoms with Crippen molar-refractivity contribution >= 4 is 23.2 Å². The Labute approximate surface area is 120 Å². The molecule has 0 saturated carbocycles. The third-order valence-electron chi connectivity index (χ3n) is 3.44. The standard InChI is InChI=1S/C16H22ClNO/c1-11(17)9-12-5-6-14-13(10-12)7-8-18(14)15(19)16(2,3)4/h5-6,10-11H,7-9H2,1-4H3. The monoisotopic (exact) mass is 279 g/mol. The van der Waals surface area contributed by atoms with Crippen LogP contribution in [0.5, 0.6) is 0 Å². The molecule has 1 atom stereocenters. The molecule has 1 aliphatic rings. The molecule has 0 spiro atoms. The summed E-state index contributed by atoms with van der Waals surface area (Å²) in [4.78, 5) is 14.3. The maximum absolute atomic E-state index is 12.4. The van der Waals surface area contributed by atoms with Crippen molar-refractivity contribution in [1.82, 2.24) is 0 Å². The van der Waals surface area contributed by atoms with Gasteiger partial charge in [0.1, 0.15) is 0 Å². The van der Waals surface area contributed by atoms with Gasteiger partial charge in [-0.25, -0.2) is 0 Å². The van der Waals surface area contributed by atoms with Crippen molar-refractivity contribution in [1.29, 1.82) is 0 Å². The smallest absolute Gasteiger partial charge is 0.232 e. The van der Waals surface area contributed by atoms with Crippen molar-refractivity contribution in [2.24, 2.45) is 5.41 Å². The van der Waals surface area contributed by atoms with Gasteiger partial charge in [0, 0.05) is 23.0 Å². The van der Waals surface area contributed by atoms with Crippen molar-refractivity contribution in [2.45, 2.75) is 45.9 Å². The largest absolute Gasteiger partial charge is 0.311 e. The molecule has 0 fully saturated rings. The SMILES string of the molecule is CC(Cl)Cc1ccc2c(c1)CCN2C(=O)C(C)(C)C. The number of anilines is 1. The number of rotatable bonds is 2. The van der Waals surface area contributed by atoms with Crippen LogP contribution in [0.15, 0.2) is 18.2 Å². The van der Waals surface area contributed by atoms with E-state index in [1.807, 2.05) is 32.6 Å². The molecule has 1 unspecified atom stereocenters. The van der Waals surface area contributed by atoms with Crippen LogP contribution in [0.1, 0.15) is 38.8 Å². The Morgan fingerprint density at radius 3 is 2.68 bits per heavy atom. The second-order valence-electron chi connectivity index (χ2n) is 6.40. The number of hydrogen-bond acceptors (Lipinski definition) is 1. The fraction of sp³-hybridized carbons (Fsp3) is 0.562. The van der Waals surface area contributed by atoms with E-state index in [0.717, 1.165) is 25.1 Å². The number of halogens is 1. The second kappa shape index (κ2) is 5.16. The molecule has 104 valence electrons. The third kappa shape index (κ3) is 3.11. The number of hydrogen-bond donors (Lipinski definition) is 0. The van der Waals surface area contributed by atoms with Crippen molar-refractivity contribution in [3.63, 3.8) is 0 Å². The summed E-state index contributed by atoms with van der Waals surface area (Å²) >= 11 is 6.04. The highest BCUT2D eigenvalue weighted by molar-refractivity contribution is 6.20. The van der Waals surface area contributed by atoms with Crippen LogP contribution < -0.4 is 4.90 Å². The molecule has 0 saturated heterocycles. The molecule has 0 N–H and O–H groups in total. The molecule has 19 heavy (non-hydrogen) atoms. The Morgan fingerprint density at radius 1 is 1.42 bits per heavy atom. The van der Waals surface area contributed by atoms with Gasteiger partial charge in [-0.05, 0) is 37.0 Å². The van der Waals surface area contributed by atoms with E-state index in [4.69, 9.17) is 11.6 Å². The lowest BCUT2D eigenvalue weighted by atomic mass is 9.94. The van der Waals surface area contributed by atoms with Crippen molar-refractivity contribution in [2.75, 3.05) is 11.4 Å². The highest BCUT2D eigenvalue weighted by Crippen LogP contribution is 2.32. The molecule has 1 aromatic rings. The molecule has 2 rings (SSSR count). The first-order chi connectivity index (χ1) is 8.79. The lowest BCUT2D eigenvalue weighted by Gasteiger charge is -2.26. The molecule has 0 bridgehead atoms. The first-order valence-corrected chi connectivity index (χ1v) is 7.30. The van der Waals surface area contributed by atoms with Crippen LogP contribution >= 0.6 is 11.6 Å². The Bertz CT molecular complexity index is 488. The molecule has 0 aliphatic carbocycles. The highest BCUT2D eigenvalue weighted by Gasteiger charge is 2.32. The van der Waals surface area contributed by atoms with E-state index in [0.29, 0.717) is 0 Å². The summed E-state index contributed by atoms with van der Waals surface area (Å²) in [6.07, 6.45) is 1.82. The van der Waals surface area contributed by atoms with Gasteiger partial charge in [0.25, 0.3) is 0 Å². The van der Waals surface area contributed by atoms with E-state index in [-0.39, 0.29) is 16.7 Å². The van der Waals surface area contributed by atoms with Gasteiger partial charge in [-0.3, -0.25) is 4.79 Å². The van der Waals surface area contributed by atoms with Crippen LogP contribution in [-0.2, 0) is 17.6 Å². The average molecular weight is 280 g/mol. The summed E-state index contributed by atoms with van der Waals surface area (Å²) in [7, 11) is 0. The number of carbonyl (C=O) groups is 1. The summed E-state index contributed by atoms with van der Waals surface area (Å²) in [5, 5.41) is 0.145. The quantitative estimate of drug-likeness (QED) is 0.754. The van der Waals surface area contributed by atoms with Crippen LogP contribution in [0.3, 0.4) is 0 Å². The molecule has 1 heterocycles. The molecule has 0 radical (unpaired) electrons. The fourth-order valence-corrected chi connectivity index (χ4v) is 2.70. The zero-order valence-corrected chi connectivity index (χ0v) is 12.9. The van der Waals surface area contributed by atoms with E-state index in [1.165, 1.54) is 11.1 Å². The van der Waals surface area contributed by atoms with Crippen LogP contribution in [0.2, 0.25) is 0 Å². The Morgan fingerprint density at radius 2 is 2.11 bits per heavy atom. The first-order valence-electron chi connectivity index (χ1n) is 6.87. The predicted molar refractivity (Wildman–Crippen MR) is 81.0 cm³/mol. The number of carbonyl (C=O) groups excluding carboxylic acids is 1. The van der Waals surface area contributed by atoms with E-state index >= 15 is 0 Å². The summed E-state index contributed by atoms with van der Waals surface area (Å²) in [5.74, 6) is 0.199. The Kier molecular flexibility index (Phi) is 3.91. The van der Waals surface area contributed by atoms with Gasteiger partial charge in [0.05, 0.1) is 0 Å². The van der Waals surface area contributed by atoms with Gasteiger partial charge < -0.3 is 4.90 Å². The molecule has 1 aromatic carbocycles. The number of fused-ring (bicyclic) bond motifs is 1. The lowest BCUT2D eigenvalue weighted by Crippen LogP contribution is -2.38. The second-order valence-corrected chi connectivity index (χ2v) is 7.15. The zero-order chi connectivity index (χ0) is 14.2. The summed E-state index contributed by atoms with van der Waals surface area (Å²) < 4.78 is 0. The molecular weight excluding hydrogens is 258 g/mol. The highest BCUT2D eigenvalue weighted by atomic mass is 35.5. The summed E-state index contributed by atoms with van der Waals surface area (Å²) in [6, 6.07) is 6.36. The van der Waals surface area contributed by atoms with Gasteiger partial charge in [-0.15, -0.1) is 11.6 Å². The minimum atomic E-state index is -0.328. The normalized spacial score (nSPS) is 16.4. The Hall–Kier alpha value is -1.02. The van der Waals surface area contributed by atoms with Gasteiger partial charge in [-0.2, -0.15) is 0 Å². The molecule has 1 amide bonds. The van der Waals surface area contributed by atoms with Crippen molar-refractivity contribution in [3.8, 4) is 0 Å². The summed E-state index contributed by atoms with van der Waals surface area (Å²) in [6.45, 7) is 8.71. The van der Waals surface area contributed by atoms with E-state index < -0.39 is 0 Å². The number of benzene rings is 1. The number of amides is 1. The van der Waals surface area contributed by atoms with Crippen molar-refractivity contribution in [3.05, 3.63) is 29.3 Å². The summed E-state index contributed by atoms with van der Waals surface area (Å²) in [5.41, 5.74) is 3.27. The van der Waals surface area contributed by atoms with Gasteiger partial charge in [-0.1, -0.05) is 32.9 Å². The molecule has 2 nitrogen and oxygen atoms in total. The minimum absolute atomic E-state index is 0.145. The van der Waals surface area contributed by atoms with Crippen LogP contribution in [0.4, 0.5) is 5.69 Å². The molecule has 1 aliphatic heterocycles. The van der Waals surface area contributed by atoms with Crippen LogP contribution in [0.25, 0.3) is 0 Å². The van der Waals surface area contributed by atoms with Gasteiger partial charge in [0.15, 0.2) is 0 Å². The molecule has 3 heteroatoms. The van der Waals surface area contributed by atoms with Crippen molar-refractivity contribution < 1.29 is 4.79 Å². The third-order valence-corrected chi connectivity index (χ3v) is 3.60. The zero-order valence-electron chi connectivity index (χ0n) is 12.2. The number of nitrogens with zero attached hydrogens (tertiary/aromatic N) is 1. The fourth-order valence-electron chi connectivity index (χ4n) is 2.52. The Balaban J connectivity index is 2.25. The van der Waals surface area contributed by atoms with E-state index in [1.54, 1.807) is 0 Å². The van der Waals surface area contributed by atoms with Crippen LogP contribution in [0, 0.1) is 5.41 Å². The van der Waals surface area contributed by atoms with Crippen LogP contribution in [-0.4, -0.2) is 17.8 Å². The van der Waals surface area contributed by atoms with Gasteiger partial charge in [0.2, 0.25) is 5.91 Å². The molecular formula is C16H22ClNO. The lowest BCUT2D eigenvalue weighted by molar-refractivity contribution is -0.125. The molecule has 0 aromatic heterocycles. The first kappa shape index (κ1) is 14.4. The van der Waals surface area contributed by atoms with Gasteiger partial charge >= 0.3 is 0 Å². The maximum Gasteiger partial charge on any atom is 0.232 e. The topological polar surface area (TPSA) is 20.3 Å². The van der Waals surface area contributed by atoms with E-state index in [9.17, 15) is 4.79 Å². The van der Waals surface area contributed by atoms with E-state index in [2.05, 4.69) is 18.2 Å². The number of alkyl halides is 1. The minimum Gasteiger partial charge on any atom is -0.311 e. The maximum atomic E-state index is 12.4.